The van der Waals surface area contributed by atoms with E-state index in [1.54, 1.807) is 31.2 Å². The molecule has 0 heterocycles. The van der Waals surface area contributed by atoms with Gasteiger partial charge in [-0.1, -0.05) is 30.7 Å². The number of benzene rings is 1. The van der Waals surface area contributed by atoms with E-state index in [1.807, 2.05) is 0 Å². The molecular weight excluding hydrogens is 256 g/mol. The Labute approximate surface area is 111 Å². The van der Waals surface area contributed by atoms with Gasteiger partial charge in [0.1, 0.15) is 0 Å². The molecule has 0 amide bonds. The minimum atomic E-state index is -0.695. The molecule has 0 saturated heterocycles. The molecule has 1 aromatic carbocycles. The van der Waals surface area contributed by atoms with Gasteiger partial charge in [-0.3, -0.25) is 9.59 Å². The Hall–Kier alpha value is -1.55. The lowest BCUT2D eigenvalue weighted by Crippen LogP contribution is -2.27. The Kier molecular flexibility index (Phi) is 5.16. The van der Waals surface area contributed by atoms with Crippen LogP contribution in [0.2, 0.25) is 5.02 Å². The van der Waals surface area contributed by atoms with Gasteiger partial charge >= 0.3 is 11.9 Å². The van der Waals surface area contributed by atoms with E-state index in [2.05, 4.69) is 4.74 Å². The summed E-state index contributed by atoms with van der Waals surface area (Å²) >= 11 is 5.79. The van der Waals surface area contributed by atoms with Crippen molar-refractivity contribution in [3.63, 3.8) is 0 Å². The first-order valence-corrected chi connectivity index (χ1v) is 5.80. The highest BCUT2D eigenvalue weighted by atomic mass is 35.5. The van der Waals surface area contributed by atoms with Crippen LogP contribution in [-0.2, 0) is 19.1 Å². The van der Waals surface area contributed by atoms with Gasteiger partial charge in [0, 0.05) is 5.02 Å². The molecule has 0 aliphatic carbocycles. The highest BCUT2D eigenvalue weighted by Crippen LogP contribution is 2.28. The normalized spacial score (nSPS) is 13.6. The molecule has 1 aromatic rings. The van der Waals surface area contributed by atoms with Gasteiger partial charge in [-0.2, -0.15) is 0 Å². The quantitative estimate of drug-likeness (QED) is 0.789. The van der Waals surface area contributed by atoms with Crippen molar-refractivity contribution >= 4 is 23.5 Å². The van der Waals surface area contributed by atoms with Gasteiger partial charge in [0.25, 0.3) is 0 Å². The van der Waals surface area contributed by atoms with E-state index < -0.39 is 23.8 Å². The molecule has 2 atom stereocenters. The van der Waals surface area contributed by atoms with Gasteiger partial charge in [-0.25, -0.2) is 0 Å². The number of hydrogen-bond acceptors (Lipinski definition) is 4. The highest BCUT2D eigenvalue weighted by molar-refractivity contribution is 6.30. The second-order valence-electron chi connectivity index (χ2n) is 3.86. The maximum absolute atomic E-state index is 11.8. The molecule has 0 radical (unpaired) electrons. The van der Waals surface area contributed by atoms with Crippen LogP contribution in [-0.4, -0.2) is 26.2 Å². The summed E-state index contributed by atoms with van der Waals surface area (Å²) in [6, 6.07) is 6.72. The molecule has 5 heteroatoms. The van der Waals surface area contributed by atoms with E-state index in [0.29, 0.717) is 10.6 Å². The Morgan fingerprint density at radius 2 is 1.56 bits per heavy atom. The molecule has 2 unspecified atom stereocenters. The number of methoxy groups -OCH3 is 2. The summed E-state index contributed by atoms with van der Waals surface area (Å²) in [6.07, 6.45) is 0. The van der Waals surface area contributed by atoms with E-state index in [9.17, 15) is 9.59 Å². The van der Waals surface area contributed by atoms with E-state index >= 15 is 0 Å². The fourth-order valence-electron chi connectivity index (χ4n) is 1.75. The molecule has 0 fully saturated rings. The van der Waals surface area contributed by atoms with E-state index in [-0.39, 0.29) is 0 Å². The average Bonchev–Trinajstić information content (AvgIpc) is 2.39. The van der Waals surface area contributed by atoms with Gasteiger partial charge in [0.05, 0.1) is 26.1 Å². The van der Waals surface area contributed by atoms with Crippen molar-refractivity contribution in [3.05, 3.63) is 34.9 Å². The molecule has 0 spiro atoms. The third-order valence-corrected chi connectivity index (χ3v) is 3.01. The summed E-state index contributed by atoms with van der Waals surface area (Å²) in [7, 11) is 2.57. The van der Waals surface area contributed by atoms with Gasteiger partial charge in [0.15, 0.2) is 0 Å². The lowest BCUT2D eigenvalue weighted by molar-refractivity contribution is -0.153. The van der Waals surface area contributed by atoms with Gasteiger partial charge in [-0.15, -0.1) is 0 Å². The van der Waals surface area contributed by atoms with Crippen LogP contribution in [0.3, 0.4) is 0 Å². The second-order valence-corrected chi connectivity index (χ2v) is 4.30. The van der Waals surface area contributed by atoms with Gasteiger partial charge in [0.2, 0.25) is 0 Å². The predicted molar refractivity (Wildman–Crippen MR) is 67.4 cm³/mol. The van der Waals surface area contributed by atoms with Crippen LogP contribution in [0.4, 0.5) is 0 Å². The van der Waals surface area contributed by atoms with Crippen LogP contribution >= 0.6 is 11.6 Å². The largest absolute Gasteiger partial charge is 0.469 e. The first kappa shape index (κ1) is 14.5. The van der Waals surface area contributed by atoms with Crippen LogP contribution in [0.1, 0.15) is 18.4 Å². The van der Waals surface area contributed by atoms with Crippen molar-refractivity contribution in [2.45, 2.75) is 12.8 Å². The van der Waals surface area contributed by atoms with E-state index in [0.717, 1.165) is 0 Å². The SMILES string of the molecule is COC(=O)C(C)C(C(=O)OC)c1ccc(Cl)cc1. The molecule has 0 aliphatic heterocycles. The Morgan fingerprint density at radius 1 is 1.06 bits per heavy atom. The first-order chi connectivity index (χ1) is 8.51. The number of carbonyl (C=O) groups is 2. The van der Waals surface area contributed by atoms with Crippen molar-refractivity contribution in [2.24, 2.45) is 5.92 Å². The molecule has 0 aromatic heterocycles. The molecule has 0 bridgehead atoms. The number of ether oxygens (including phenoxy) is 2. The van der Waals surface area contributed by atoms with Crippen molar-refractivity contribution < 1.29 is 19.1 Å². The summed E-state index contributed by atoms with van der Waals surface area (Å²) in [5.74, 6) is -2.25. The molecule has 0 aliphatic rings. The zero-order valence-electron chi connectivity index (χ0n) is 10.5. The highest BCUT2D eigenvalue weighted by Gasteiger charge is 2.33. The lowest BCUT2D eigenvalue weighted by atomic mass is 9.87. The lowest BCUT2D eigenvalue weighted by Gasteiger charge is -2.20. The fourth-order valence-corrected chi connectivity index (χ4v) is 1.87. The molecule has 0 saturated carbocycles. The fraction of sp³-hybridized carbons (Fsp3) is 0.385. The van der Waals surface area contributed by atoms with Crippen LogP contribution in [0.25, 0.3) is 0 Å². The zero-order valence-corrected chi connectivity index (χ0v) is 11.2. The maximum Gasteiger partial charge on any atom is 0.314 e. The van der Waals surface area contributed by atoms with Crippen molar-refractivity contribution in [1.29, 1.82) is 0 Å². The standard InChI is InChI=1S/C13H15ClO4/c1-8(12(15)17-2)11(13(16)18-3)9-4-6-10(14)7-5-9/h4-8,11H,1-3H3. The Balaban J connectivity index is 3.09. The Morgan fingerprint density at radius 3 is 2.00 bits per heavy atom. The summed E-state index contributed by atoms with van der Waals surface area (Å²) in [4.78, 5) is 23.4. The smallest absolute Gasteiger partial charge is 0.314 e. The number of esters is 2. The number of rotatable bonds is 4. The number of hydrogen-bond donors (Lipinski definition) is 0. The summed E-state index contributed by atoms with van der Waals surface area (Å²) in [5.41, 5.74) is 0.671. The summed E-state index contributed by atoms with van der Waals surface area (Å²) in [5, 5.41) is 0.563. The van der Waals surface area contributed by atoms with E-state index in [1.165, 1.54) is 14.2 Å². The summed E-state index contributed by atoms with van der Waals surface area (Å²) in [6.45, 7) is 1.63. The van der Waals surface area contributed by atoms with Crippen molar-refractivity contribution in [1.82, 2.24) is 0 Å². The van der Waals surface area contributed by atoms with Crippen LogP contribution < -0.4 is 0 Å². The van der Waals surface area contributed by atoms with Crippen LogP contribution in [0, 0.1) is 5.92 Å². The maximum atomic E-state index is 11.8. The zero-order chi connectivity index (χ0) is 13.7. The molecule has 1 rings (SSSR count). The summed E-state index contributed by atoms with van der Waals surface area (Å²) < 4.78 is 9.39. The molecule has 18 heavy (non-hydrogen) atoms. The number of halogens is 1. The minimum Gasteiger partial charge on any atom is -0.469 e. The van der Waals surface area contributed by atoms with Crippen LogP contribution in [0.15, 0.2) is 24.3 Å². The molecular formula is C13H15ClO4. The molecule has 4 nitrogen and oxygen atoms in total. The first-order valence-electron chi connectivity index (χ1n) is 5.42. The van der Waals surface area contributed by atoms with Gasteiger partial charge in [-0.05, 0) is 17.7 Å². The average molecular weight is 271 g/mol. The third-order valence-electron chi connectivity index (χ3n) is 2.76. The minimum absolute atomic E-state index is 0.458. The monoisotopic (exact) mass is 270 g/mol. The van der Waals surface area contributed by atoms with Gasteiger partial charge < -0.3 is 9.47 Å². The van der Waals surface area contributed by atoms with E-state index in [4.69, 9.17) is 16.3 Å². The molecule has 0 N–H and O–H groups in total. The van der Waals surface area contributed by atoms with Crippen LogP contribution in [0.5, 0.6) is 0 Å². The van der Waals surface area contributed by atoms with Crippen molar-refractivity contribution in [2.75, 3.05) is 14.2 Å². The molecule has 98 valence electrons. The van der Waals surface area contributed by atoms with Crippen molar-refractivity contribution in [3.8, 4) is 0 Å². The predicted octanol–water partition coefficient (Wildman–Crippen LogP) is 2.41. The number of carbonyl (C=O) groups excluding carboxylic acids is 2. The third kappa shape index (κ3) is 3.23. The Bertz CT molecular complexity index is 427. The second kappa shape index (κ2) is 6.40. The topological polar surface area (TPSA) is 52.6 Å².